The van der Waals surface area contributed by atoms with Gasteiger partial charge in [0.2, 0.25) is 0 Å². The Morgan fingerprint density at radius 1 is 1.12 bits per heavy atom. The topological polar surface area (TPSA) is 147 Å². The smallest absolute Gasteiger partial charge is 0.492 e. The number of phenols is 1. The lowest BCUT2D eigenvalue weighted by atomic mass is 9.79. The van der Waals surface area contributed by atoms with Crippen LogP contribution >= 0.6 is 0 Å². The van der Waals surface area contributed by atoms with Crippen molar-refractivity contribution in [3.05, 3.63) is 32.4 Å². The zero-order valence-corrected chi connectivity index (χ0v) is 7.60. The van der Waals surface area contributed by atoms with Crippen LogP contribution in [-0.4, -0.2) is 32.1 Å². The van der Waals surface area contributed by atoms with Crippen molar-refractivity contribution in [2.75, 3.05) is 0 Å². The molecule has 0 heterocycles. The third-order valence-electron chi connectivity index (χ3n) is 1.79. The van der Waals surface area contributed by atoms with E-state index in [1.165, 1.54) is 0 Å². The first kappa shape index (κ1) is 11.9. The molecule has 0 amide bonds. The molecular formula is C6H5BN2O7. The van der Waals surface area contributed by atoms with Crippen LogP contribution in [0.4, 0.5) is 11.4 Å². The van der Waals surface area contributed by atoms with Crippen LogP contribution in [0.2, 0.25) is 0 Å². The summed E-state index contributed by atoms with van der Waals surface area (Å²) in [5.41, 5.74) is -2.37. The maximum absolute atomic E-state index is 10.4. The molecule has 1 aromatic rings. The van der Waals surface area contributed by atoms with Crippen molar-refractivity contribution in [3.63, 3.8) is 0 Å². The van der Waals surface area contributed by atoms with Crippen molar-refractivity contribution < 1.29 is 25.0 Å². The summed E-state index contributed by atoms with van der Waals surface area (Å²) >= 11 is 0. The molecule has 0 saturated heterocycles. The number of hydrogen-bond acceptors (Lipinski definition) is 7. The Morgan fingerprint density at radius 2 is 1.69 bits per heavy atom. The highest BCUT2D eigenvalue weighted by Crippen LogP contribution is 2.28. The number of nitrogens with zero attached hydrogens (tertiary/aromatic N) is 2. The van der Waals surface area contributed by atoms with Gasteiger partial charge in [0.25, 0.3) is 5.69 Å². The Kier molecular flexibility index (Phi) is 3.06. The molecule has 1 rings (SSSR count). The minimum atomic E-state index is -2.24. The lowest BCUT2D eigenvalue weighted by molar-refractivity contribution is -0.394. The molecule has 0 aliphatic rings. The molecule has 10 heteroatoms. The average molecular weight is 228 g/mol. The van der Waals surface area contributed by atoms with Gasteiger partial charge in [0.1, 0.15) is 0 Å². The number of phenolic OH excluding ortho intramolecular Hbond substituents is 1. The third-order valence-corrected chi connectivity index (χ3v) is 1.79. The van der Waals surface area contributed by atoms with Gasteiger partial charge in [0.15, 0.2) is 5.75 Å². The maximum Gasteiger partial charge on any atom is 0.492 e. The van der Waals surface area contributed by atoms with Gasteiger partial charge < -0.3 is 15.2 Å². The quantitative estimate of drug-likeness (QED) is 0.337. The Morgan fingerprint density at radius 3 is 2.06 bits per heavy atom. The number of non-ortho nitro benzene ring substituents is 1. The monoisotopic (exact) mass is 228 g/mol. The zero-order valence-electron chi connectivity index (χ0n) is 7.60. The fraction of sp³-hybridized carbons (Fsp3) is 0. The van der Waals surface area contributed by atoms with Crippen molar-refractivity contribution >= 4 is 24.0 Å². The van der Waals surface area contributed by atoms with Crippen LogP contribution in [0.15, 0.2) is 12.1 Å². The normalized spacial score (nSPS) is 9.88. The van der Waals surface area contributed by atoms with Gasteiger partial charge in [-0.25, -0.2) is 0 Å². The summed E-state index contributed by atoms with van der Waals surface area (Å²) in [5, 5.41) is 47.6. The molecule has 0 spiro atoms. The summed E-state index contributed by atoms with van der Waals surface area (Å²) in [5.74, 6) is -1.01. The van der Waals surface area contributed by atoms with E-state index < -0.39 is 39.6 Å². The van der Waals surface area contributed by atoms with Crippen molar-refractivity contribution in [3.8, 4) is 5.75 Å². The molecule has 3 N–H and O–H groups in total. The van der Waals surface area contributed by atoms with Gasteiger partial charge in [0, 0.05) is 11.5 Å². The summed E-state index contributed by atoms with van der Waals surface area (Å²) < 4.78 is 0. The van der Waals surface area contributed by atoms with Crippen molar-refractivity contribution in [1.82, 2.24) is 0 Å². The van der Waals surface area contributed by atoms with E-state index >= 15 is 0 Å². The van der Waals surface area contributed by atoms with Crippen LogP contribution in [0.1, 0.15) is 0 Å². The second-order valence-corrected chi connectivity index (χ2v) is 2.79. The van der Waals surface area contributed by atoms with E-state index in [0.29, 0.717) is 12.1 Å². The molecule has 9 nitrogen and oxygen atoms in total. The van der Waals surface area contributed by atoms with Gasteiger partial charge in [0.05, 0.1) is 15.9 Å². The van der Waals surface area contributed by atoms with E-state index in [0.717, 1.165) is 0 Å². The van der Waals surface area contributed by atoms with Gasteiger partial charge >= 0.3 is 12.8 Å². The molecule has 84 valence electrons. The minimum Gasteiger partial charge on any atom is -0.502 e. The fourth-order valence-electron chi connectivity index (χ4n) is 1.07. The van der Waals surface area contributed by atoms with Crippen LogP contribution in [0.3, 0.4) is 0 Å². The Bertz CT molecular complexity index is 460. The first-order chi connectivity index (χ1) is 7.34. The maximum atomic E-state index is 10.4. The Balaban J connectivity index is 3.51. The van der Waals surface area contributed by atoms with Crippen LogP contribution < -0.4 is 5.46 Å². The summed E-state index contributed by atoms with van der Waals surface area (Å²) in [7, 11) is -2.24. The fourth-order valence-corrected chi connectivity index (χ4v) is 1.07. The second-order valence-electron chi connectivity index (χ2n) is 2.79. The van der Waals surface area contributed by atoms with E-state index in [1.54, 1.807) is 0 Å². The van der Waals surface area contributed by atoms with Crippen molar-refractivity contribution in [1.29, 1.82) is 0 Å². The zero-order chi connectivity index (χ0) is 12.5. The predicted octanol–water partition coefficient (Wildman–Crippen LogP) is -1.11. The molecule has 0 aliphatic carbocycles. The van der Waals surface area contributed by atoms with Crippen LogP contribution in [0.5, 0.6) is 5.75 Å². The molecule has 0 radical (unpaired) electrons. The second kappa shape index (κ2) is 4.12. The summed E-state index contributed by atoms with van der Waals surface area (Å²) in [6, 6.07) is 1.17. The third kappa shape index (κ3) is 2.07. The molecule has 1 aromatic carbocycles. The van der Waals surface area contributed by atoms with Crippen molar-refractivity contribution in [2.24, 2.45) is 0 Å². The summed E-state index contributed by atoms with van der Waals surface area (Å²) in [4.78, 5) is 18.8. The summed E-state index contributed by atoms with van der Waals surface area (Å²) in [6.07, 6.45) is 0. The molecule has 0 saturated carbocycles. The number of benzene rings is 1. The Hall–Kier alpha value is -2.20. The molecule has 0 bridgehead atoms. The van der Waals surface area contributed by atoms with E-state index in [2.05, 4.69) is 0 Å². The molecule has 16 heavy (non-hydrogen) atoms. The minimum absolute atomic E-state index is 0.529. The Labute approximate surface area is 88.0 Å². The summed E-state index contributed by atoms with van der Waals surface area (Å²) in [6.45, 7) is 0. The first-order valence-electron chi connectivity index (χ1n) is 3.86. The molecule has 0 atom stereocenters. The van der Waals surface area contributed by atoms with Crippen LogP contribution in [-0.2, 0) is 0 Å². The predicted molar refractivity (Wildman–Crippen MR) is 51.2 cm³/mol. The lowest BCUT2D eigenvalue weighted by Gasteiger charge is -2.03. The number of hydrogen-bond donors (Lipinski definition) is 3. The SMILES string of the molecule is O=[N+]([O-])c1cc(B(O)O)c(O)c([N+](=O)[O-])c1. The first-order valence-corrected chi connectivity index (χ1v) is 3.86. The number of nitro groups is 2. The van der Waals surface area contributed by atoms with Crippen LogP contribution in [0, 0.1) is 20.2 Å². The van der Waals surface area contributed by atoms with Crippen molar-refractivity contribution in [2.45, 2.75) is 0 Å². The molecule has 0 aliphatic heterocycles. The molecule has 0 aromatic heterocycles. The van der Waals surface area contributed by atoms with E-state index in [4.69, 9.17) is 10.0 Å². The van der Waals surface area contributed by atoms with Gasteiger partial charge in [-0.2, -0.15) is 0 Å². The van der Waals surface area contributed by atoms with E-state index in [1.807, 2.05) is 0 Å². The van der Waals surface area contributed by atoms with Gasteiger partial charge in [-0.15, -0.1) is 0 Å². The lowest BCUT2D eigenvalue weighted by Crippen LogP contribution is -2.30. The molecule has 0 fully saturated rings. The number of rotatable bonds is 3. The van der Waals surface area contributed by atoms with E-state index in [9.17, 15) is 25.3 Å². The highest BCUT2D eigenvalue weighted by Gasteiger charge is 2.28. The van der Waals surface area contributed by atoms with Gasteiger partial charge in [-0.3, -0.25) is 20.2 Å². The highest BCUT2D eigenvalue weighted by atomic mass is 16.6. The molecular weight excluding hydrogens is 223 g/mol. The number of nitro benzene ring substituents is 2. The average Bonchev–Trinajstić information content (AvgIpc) is 2.16. The van der Waals surface area contributed by atoms with Gasteiger partial charge in [-0.05, 0) is 0 Å². The van der Waals surface area contributed by atoms with Crippen LogP contribution in [0.25, 0.3) is 0 Å². The largest absolute Gasteiger partial charge is 0.502 e. The van der Waals surface area contributed by atoms with Gasteiger partial charge in [-0.1, -0.05) is 0 Å². The highest BCUT2D eigenvalue weighted by molar-refractivity contribution is 6.60. The number of aromatic hydroxyl groups is 1. The van der Waals surface area contributed by atoms with E-state index in [-0.39, 0.29) is 0 Å². The molecule has 0 unspecified atom stereocenters. The standard InChI is InChI=1S/C6H5BN2O7/c10-6-4(7(11)12)1-3(8(13)14)2-5(6)9(15)16/h1-2,10-12H.